The summed E-state index contributed by atoms with van der Waals surface area (Å²) >= 11 is 0. The molecule has 2 heterocycles. The van der Waals surface area contributed by atoms with Crippen LogP contribution < -0.4 is 10.6 Å². The van der Waals surface area contributed by atoms with Crippen molar-refractivity contribution in [1.29, 1.82) is 0 Å². The van der Waals surface area contributed by atoms with Gasteiger partial charge >= 0.3 is 0 Å². The van der Waals surface area contributed by atoms with Gasteiger partial charge in [0, 0.05) is 11.1 Å². The zero-order valence-corrected chi connectivity index (χ0v) is 16.7. The smallest absolute Gasteiger partial charge is 0.196 e. The Labute approximate surface area is 172 Å². The number of phenolic OH excluding ortho intramolecular Hbond substituents is 2. The monoisotopic (exact) mass is 394 g/mol. The van der Waals surface area contributed by atoms with Crippen LogP contribution in [0.3, 0.4) is 0 Å². The number of aromatic hydroxyl groups is 2. The molecule has 5 nitrogen and oxygen atoms in total. The van der Waals surface area contributed by atoms with Crippen LogP contribution in [0, 0.1) is 11.8 Å². The van der Waals surface area contributed by atoms with E-state index < -0.39 is 0 Å². The molecule has 0 aromatic heterocycles. The molecule has 5 heteroatoms. The Balaban J connectivity index is 1.76. The van der Waals surface area contributed by atoms with Gasteiger partial charge in [0.15, 0.2) is 5.78 Å². The highest BCUT2D eigenvalue weighted by molar-refractivity contribution is 6.11. The van der Waals surface area contributed by atoms with Gasteiger partial charge in [-0.3, -0.25) is 4.79 Å². The van der Waals surface area contributed by atoms with E-state index in [9.17, 15) is 15.0 Å². The van der Waals surface area contributed by atoms with Crippen LogP contribution >= 0.6 is 0 Å². The lowest BCUT2D eigenvalue weighted by Gasteiger charge is -2.39. The van der Waals surface area contributed by atoms with E-state index in [1.807, 2.05) is 18.2 Å². The predicted octanol–water partition coefficient (Wildman–Crippen LogP) is 3.41. The molecule has 0 saturated carbocycles. The first-order valence-electron chi connectivity index (χ1n) is 10.7. The van der Waals surface area contributed by atoms with E-state index in [-0.39, 0.29) is 28.8 Å². The minimum atomic E-state index is -0.216. The van der Waals surface area contributed by atoms with Crippen molar-refractivity contribution in [3.63, 3.8) is 0 Å². The molecule has 2 saturated heterocycles. The molecule has 2 aliphatic heterocycles. The minimum absolute atomic E-state index is 0.0131. The molecule has 2 unspecified atom stereocenters. The van der Waals surface area contributed by atoms with Crippen molar-refractivity contribution in [2.75, 3.05) is 26.2 Å². The van der Waals surface area contributed by atoms with Crippen molar-refractivity contribution in [1.82, 2.24) is 10.6 Å². The van der Waals surface area contributed by atoms with Crippen molar-refractivity contribution in [2.24, 2.45) is 11.8 Å². The number of carbonyl (C=O) groups excluding carboxylic acids is 1. The number of hydrogen-bond acceptors (Lipinski definition) is 5. The lowest BCUT2D eigenvalue weighted by molar-refractivity contribution is 0.103. The molecular formula is C24H30N2O3. The summed E-state index contributed by atoms with van der Waals surface area (Å²) in [6.45, 7) is 3.76. The maximum Gasteiger partial charge on any atom is 0.196 e. The van der Waals surface area contributed by atoms with Gasteiger partial charge in [-0.25, -0.2) is 0 Å². The molecule has 0 spiro atoms. The molecule has 29 heavy (non-hydrogen) atoms. The first-order valence-corrected chi connectivity index (χ1v) is 10.7. The maximum atomic E-state index is 13.0. The zero-order chi connectivity index (χ0) is 20.2. The summed E-state index contributed by atoms with van der Waals surface area (Å²) in [5, 5.41) is 29.0. The van der Waals surface area contributed by atoms with E-state index in [1.165, 1.54) is 0 Å². The van der Waals surface area contributed by atoms with Crippen LogP contribution in [0.1, 0.15) is 53.1 Å². The summed E-state index contributed by atoms with van der Waals surface area (Å²) in [4.78, 5) is 13.0. The van der Waals surface area contributed by atoms with E-state index in [2.05, 4.69) is 10.6 Å². The Bertz CT molecular complexity index is 823. The number of phenols is 2. The fourth-order valence-electron chi connectivity index (χ4n) is 5.08. The fourth-order valence-corrected chi connectivity index (χ4v) is 5.08. The molecule has 0 aliphatic carbocycles. The fraction of sp³-hybridized carbons (Fsp3) is 0.458. The third kappa shape index (κ3) is 4.16. The number of hydrogen-bond donors (Lipinski definition) is 4. The van der Waals surface area contributed by atoms with E-state index in [1.54, 1.807) is 24.3 Å². The molecule has 4 rings (SSSR count). The standard InChI is InChI=1S/C24H30N2O3/c27-20-11-10-19(23(28)16-6-2-1-3-7-16)24(29)22(20)21(17-8-4-12-25-14-17)18-9-5-13-26-15-18/h1-3,6-7,10-11,17-18,21,25-27,29H,4-5,8-9,12-15H2. The van der Waals surface area contributed by atoms with Gasteiger partial charge in [0.05, 0.1) is 5.56 Å². The number of rotatable bonds is 5. The second-order valence-electron chi connectivity index (χ2n) is 8.33. The van der Waals surface area contributed by atoms with Gasteiger partial charge in [-0.15, -0.1) is 0 Å². The van der Waals surface area contributed by atoms with Crippen LogP contribution in [-0.2, 0) is 0 Å². The number of ketones is 1. The Morgan fingerprint density at radius 1 is 0.897 bits per heavy atom. The van der Waals surface area contributed by atoms with E-state index >= 15 is 0 Å². The first kappa shape index (κ1) is 19.9. The number of nitrogens with one attached hydrogen (secondary N) is 2. The van der Waals surface area contributed by atoms with Crippen LogP contribution in [0.4, 0.5) is 0 Å². The Morgan fingerprint density at radius 2 is 1.52 bits per heavy atom. The van der Waals surface area contributed by atoms with Gasteiger partial charge in [-0.05, 0) is 81.7 Å². The number of carbonyl (C=O) groups is 1. The summed E-state index contributed by atoms with van der Waals surface area (Å²) in [7, 11) is 0. The molecule has 0 bridgehead atoms. The second-order valence-corrected chi connectivity index (χ2v) is 8.33. The molecule has 2 atom stereocenters. The van der Waals surface area contributed by atoms with Gasteiger partial charge in [0.25, 0.3) is 0 Å². The highest BCUT2D eigenvalue weighted by atomic mass is 16.3. The summed E-state index contributed by atoms with van der Waals surface area (Å²) in [5.74, 6) is 0.485. The normalized spacial score (nSPS) is 23.4. The topological polar surface area (TPSA) is 81.6 Å². The highest BCUT2D eigenvalue weighted by Gasteiger charge is 2.37. The number of benzene rings is 2. The van der Waals surface area contributed by atoms with Gasteiger partial charge < -0.3 is 20.8 Å². The molecule has 0 radical (unpaired) electrons. The van der Waals surface area contributed by atoms with E-state index in [4.69, 9.17) is 0 Å². The van der Waals surface area contributed by atoms with Gasteiger partial charge in [-0.2, -0.15) is 0 Å². The summed E-state index contributed by atoms with van der Waals surface area (Å²) in [6, 6.07) is 12.1. The van der Waals surface area contributed by atoms with Gasteiger partial charge in [0.1, 0.15) is 11.5 Å². The highest BCUT2D eigenvalue weighted by Crippen LogP contribution is 2.47. The quantitative estimate of drug-likeness (QED) is 0.585. The third-order valence-electron chi connectivity index (χ3n) is 6.49. The molecule has 0 amide bonds. The molecule has 154 valence electrons. The van der Waals surface area contributed by atoms with Crippen molar-refractivity contribution in [3.05, 3.63) is 59.2 Å². The molecule has 2 fully saturated rings. The summed E-state index contributed by atoms with van der Waals surface area (Å²) in [5.41, 5.74) is 1.35. The van der Waals surface area contributed by atoms with Crippen molar-refractivity contribution in [2.45, 2.75) is 31.6 Å². The van der Waals surface area contributed by atoms with Crippen molar-refractivity contribution < 1.29 is 15.0 Å². The van der Waals surface area contributed by atoms with Crippen LogP contribution in [0.25, 0.3) is 0 Å². The third-order valence-corrected chi connectivity index (χ3v) is 6.49. The number of piperidine rings is 2. The van der Waals surface area contributed by atoms with Crippen LogP contribution in [0.5, 0.6) is 11.5 Å². The first-order chi connectivity index (χ1) is 14.2. The van der Waals surface area contributed by atoms with E-state index in [0.29, 0.717) is 23.0 Å². The predicted molar refractivity (Wildman–Crippen MR) is 114 cm³/mol. The Hall–Kier alpha value is -2.37. The minimum Gasteiger partial charge on any atom is -0.508 e. The average molecular weight is 395 g/mol. The second kappa shape index (κ2) is 8.97. The Morgan fingerprint density at radius 3 is 2.07 bits per heavy atom. The molecule has 4 N–H and O–H groups in total. The molecule has 2 aromatic carbocycles. The summed E-state index contributed by atoms with van der Waals surface area (Å²) in [6.07, 6.45) is 4.30. The van der Waals surface area contributed by atoms with Crippen LogP contribution in [0.2, 0.25) is 0 Å². The zero-order valence-electron chi connectivity index (χ0n) is 16.7. The van der Waals surface area contributed by atoms with Gasteiger partial charge in [0.2, 0.25) is 0 Å². The molecular weight excluding hydrogens is 364 g/mol. The average Bonchev–Trinajstić information content (AvgIpc) is 2.78. The van der Waals surface area contributed by atoms with Crippen molar-refractivity contribution in [3.8, 4) is 11.5 Å². The van der Waals surface area contributed by atoms with Gasteiger partial charge in [-0.1, -0.05) is 30.3 Å². The lowest BCUT2D eigenvalue weighted by Crippen LogP contribution is -2.40. The molecule has 2 aliphatic rings. The van der Waals surface area contributed by atoms with Crippen LogP contribution in [-0.4, -0.2) is 42.2 Å². The SMILES string of the molecule is O=C(c1ccccc1)c1ccc(O)c(C(C2CCCNC2)C2CCCNC2)c1O. The van der Waals surface area contributed by atoms with Crippen LogP contribution in [0.15, 0.2) is 42.5 Å². The lowest BCUT2D eigenvalue weighted by atomic mass is 9.70. The maximum absolute atomic E-state index is 13.0. The Kier molecular flexibility index (Phi) is 6.16. The van der Waals surface area contributed by atoms with Crippen molar-refractivity contribution >= 4 is 5.78 Å². The largest absolute Gasteiger partial charge is 0.508 e. The van der Waals surface area contributed by atoms with E-state index in [0.717, 1.165) is 51.9 Å². The summed E-state index contributed by atoms with van der Waals surface area (Å²) < 4.78 is 0. The molecule has 2 aromatic rings.